The minimum absolute atomic E-state index is 0.0175. The van der Waals surface area contributed by atoms with Crippen LogP contribution in [0.5, 0.6) is 0 Å². The number of nitrogens with one attached hydrogen (secondary N) is 1. The Morgan fingerprint density at radius 2 is 1.65 bits per heavy atom. The molecule has 0 aromatic carbocycles. The predicted molar refractivity (Wildman–Crippen MR) is 193 cm³/mol. The number of aromatic amines is 1. The van der Waals surface area contributed by atoms with Crippen LogP contribution in [0.3, 0.4) is 0 Å². The molecule has 6 heteroatoms. The van der Waals surface area contributed by atoms with E-state index in [2.05, 4.69) is 62.5 Å². The van der Waals surface area contributed by atoms with Crippen LogP contribution in [0.15, 0.2) is 30.7 Å². The van der Waals surface area contributed by atoms with Crippen molar-refractivity contribution in [2.24, 2.45) is 62.1 Å². The van der Waals surface area contributed by atoms with E-state index in [1.54, 1.807) is 6.20 Å². The van der Waals surface area contributed by atoms with E-state index in [-0.39, 0.29) is 39.2 Å². The van der Waals surface area contributed by atoms with Gasteiger partial charge in [-0.25, -0.2) is 4.98 Å². The Morgan fingerprint density at radius 3 is 2.41 bits per heavy atom. The lowest BCUT2D eigenvalue weighted by Crippen LogP contribution is -2.67. The third-order valence-electron chi connectivity index (χ3n) is 18.2. The molecular formula is C43H62N4O2. The number of carbonyl (C=O) groups is 1. The van der Waals surface area contributed by atoms with Crippen molar-refractivity contribution >= 4 is 5.91 Å². The third-order valence-corrected chi connectivity index (χ3v) is 18.2. The van der Waals surface area contributed by atoms with Crippen molar-refractivity contribution in [2.75, 3.05) is 6.54 Å². The lowest BCUT2D eigenvalue weighted by molar-refractivity contribution is -0.249. The first-order valence-corrected chi connectivity index (χ1v) is 20.2. The highest BCUT2D eigenvalue weighted by molar-refractivity contribution is 5.84. The molecule has 1 amide bonds. The van der Waals surface area contributed by atoms with Crippen LogP contribution >= 0.6 is 0 Å². The third kappa shape index (κ3) is 4.31. The molecule has 7 aliphatic rings. The number of aliphatic hydroxyl groups is 1. The summed E-state index contributed by atoms with van der Waals surface area (Å²) in [5.41, 5.74) is 3.00. The van der Waals surface area contributed by atoms with Crippen molar-refractivity contribution < 1.29 is 9.90 Å². The zero-order chi connectivity index (χ0) is 34.2. The van der Waals surface area contributed by atoms with Crippen LogP contribution in [0.4, 0.5) is 0 Å². The molecule has 6 aliphatic carbocycles. The average Bonchev–Trinajstić information content (AvgIpc) is 3.48. The highest BCUT2D eigenvalue weighted by atomic mass is 16.3. The summed E-state index contributed by atoms with van der Waals surface area (Å²) < 4.78 is 0. The van der Waals surface area contributed by atoms with Crippen LogP contribution in [0.25, 0.3) is 11.3 Å². The second-order valence-electron chi connectivity index (χ2n) is 20.1. The van der Waals surface area contributed by atoms with Crippen molar-refractivity contribution in [3.63, 3.8) is 0 Å². The maximum absolute atomic E-state index is 15.5. The summed E-state index contributed by atoms with van der Waals surface area (Å²) in [6, 6.07) is 4.07. The lowest BCUT2D eigenvalue weighted by atomic mass is 9.32. The van der Waals surface area contributed by atoms with Crippen molar-refractivity contribution in [3.05, 3.63) is 36.5 Å². The fourth-order valence-corrected chi connectivity index (χ4v) is 15.1. The zero-order valence-corrected chi connectivity index (χ0v) is 31.2. The molecule has 2 aromatic rings. The van der Waals surface area contributed by atoms with Gasteiger partial charge in [0.05, 0.1) is 29.5 Å². The summed E-state index contributed by atoms with van der Waals surface area (Å²) in [6.07, 6.45) is 21.9. The summed E-state index contributed by atoms with van der Waals surface area (Å²) in [5.74, 6) is 4.47. The molecule has 3 heterocycles. The second-order valence-corrected chi connectivity index (χ2v) is 20.1. The largest absolute Gasteiger partial charge is 0.393 e. The van der Waals surface area contributed by atoms with Crippen LogP contribution in [-0.4, -0.2) is 43.5 Å². The number of aliphatic hydroxyl groups excluding tert-OH is 1. The zero-order valence-electron chi connectivity index (χ0n) is 31.2. The van der Waals surface area contributed by atoms with Crippen LogP contribution in [0, 0.1) is 62.1 Å². The summed E-state index contributed by atoms with van der Waals surface area (Å²) in [6.45, 7) is 16.2. The van der Waals surface area contributed by atoms with E-state index in [0.29, 0.717) is 40.9 Å². The molecule has 0 spiro atoms. The molecule has 0 bridgehead atoms. The number of carbonyl (C=O) groups excluding carboxylic acids is 1. The molecule has 49 heavy (non-hydrogen) atoms. The number of rotatable bonds is 4. The molecular weight excluding hydrogens is 604 g/mol. The highest BCUT2D eigenvalue weighted by Crippen LogP contribution is 2.79. The van der Waals surface area contributed by atoms with E-state index < -0.39 is 0 Å². The van der Waals surface area contributed by atoms with Gasteiger partial charge in [0.15, 0.2) is 0 Å². The summed E-state index contributed by atoms with van der Waals surface area (Å²) in [7, 11) is 0. The Bertz CT molecular complexity index is 1610. The normalized spacial score (nSPS) is 46.3. The van der Waals surface area contributed by atoms with Crippen LogP contribution in [0.1, 0.15) is 143 Å². The van der Waals surface area contributed by atoms with Crippen LogP contribution in [0.2, 0.25) is 0 Å². The Hall–Kier alpha value is -2.21. The van der Waals surface area contributed by atoms with Gasteiger partial charge < -0.3 is 15.0 Å². The molecule has 2 N–H and O–H groups in total. The van der Waals surface area contributed by atoms with Gasteiger partial charge in [-0.05, 0) is 159 Å². The fourth-order valence-electron chi connectivity index (χ4n) is 15.1. The molecule has 1 unspecified atom stereocenters. The number of hydrogen-bond acceptors (Lipinski definition) is 4. The van der Waals surface area contributed by atoms with E-state index in [4.69, 9.17) is 4.98 Å². The van der Waals surface area contributed by atoms with Crippen LogP contribution in [-0.2, 0) is 4.79 Å². The molecule has 266 valence electrons. The smallest absolute Gasteiger partial charge is 0.229 e. The fraction of sp³-hybridized carbons (Fsp3) is 0.791. The van der Waals surface area contributed by atoms with Gasteiger partial charge in [-0.2, -0.15) is 0 Å². The van der Waals surface area contributed by atoms with E-state index in [0.717, 1.165) is 55.7 Å². The van der Waals surface area contributed by atoms with E-state index >= 15 is 4.79 Å². The summed E-state index contributed by atoms with van der Waals surface area (Å²) in [4.78, 5) is 30.6. The number of nitrogens with zero attached hydrogens (tertiary/aromatic N) is 3. The molecule has 6 saturated carbocycles. The first-order valence-electron chi connectivity index (χ1n) is 20.2. The van der Waals surface area contributed by atoms with Gasteiger partial charge in [-0.15, -0.1) is 0 Å². The molecule has 0 radical (unpaired) electrons. The van der Waals surface area contributed by atoms with Crippen molar-refractivity contribution in [1.29, 1.82) is 0 Å². The van der Waals surface area contributed by atoms with Gasteiger partial charge in [0.25, 0.3) is 0 Å². The number of likely N-dealkylation sites (tertiary alicyclic amines) is 1. The number of fused-ring (bicyclic) bond motifs is 7. The minimum Gasteiger partial charge on any atom is -0.393 e. The van der Waals surface area contributed by atoms with Gasteiger partial charge in [-0.1, -0.05) is 41.5 Å². The monoisotopic (exact) mass is 666 g/mol. The van der Waals surface area contributed by atoms with E-state index in [1.165, 1.54) is 57.8 Å². The minimum atomic E-state index is -0.233. The first-order chi connectivity index (χ1) is 23.3. The number of pyridine rings is 1. The number of aromatic nitrogens is 3. The van der Waals surface area contributed by atoms with Gasteiger partial charge in [0, 0.05) is 24.5 Å². The Balaban J connectivity index is 1.06. The topological polar surface area (TPSA) is 82.1 Å². The van der Waals surface area contributed by atoms with Crippen molar-refractivity contribution in [1.82, 2.24) is 19.9 Å². The van der Waals surface area contributed by atoms with E-state index in [1.807, 2.05) is 18.5 Å². The van der Waals surface area contributed by atoms with Gasteiger partial charge in [0.1, 0.15) is 5.82 Å². The lowest BCUT2D eigenvalue weighted by Gasteiger charge is -2.73. The Kier molecular flexibility index (Phi) is 7.12. The Morgan fingerprint density at radius 1 is 0.837 bits per heavy atom. The number of hydrogen-bond donors (Lipinski definition) is 2. The molecule has 1 aliphatic heterocycles. The molecule has 9 rings (SSSR count). The molecule has 1 saturated heterocycles. The Labute approximate surface area is 295 Å². The quantitative estimate of drug-likeness (QED) is 0.341. The highest BCUT2D eigenvalue weighted by Gasteiger charge is 2.73. The molecule has 2 aromatic heterocycles. The molecule has 6 nitrogen and oxygen atoms in total. The maximum atomic E-state index is 15.5. The van der Waals surface area contributed by atoms with Gasteiger partial charge >= 0.3 is 0 Å². The second kappa shape index (κ2) is 10.7. The molecule has 7 fully saturated rings. The van der Waals surface area contributed by atoms with Crippen molar-refractivity contribution in [3.8, 4) is 11.3 Å². The van der Waals surface area contributed by atoms with E-state index in [9.17, 15) is 5.11 Å². The first kappa shape index (κ1) is 32.7. The SMILES string of the molecule is CC1(C2CC[C@]3(C(=O)N4CCC[C@H]4c4ncc(-c5cccnc5)[nH]4)CC[C@]4(C)[C@H](CC[C@@H]5[C@@]6(C)CC[C@H](O)C(C)(C)[C@@H]6CC[C@]54C)[C@@H]23)CC1. The molecule has 11 atom stereocenters. The van der Waals surface area contributed by atoms with Gasteiger partial charge in [-0.3, -0.25) is 9.78 Å². The predicted octanol–water partition coefficient (Wildman–Crippen LogP) is 9.38. The van der Waals surface area contributed by atoms with Crippen LogP contribution < -0.4 is 0 Å². The summed E-state index contributed by atoms with van der Waals surface area (Å²) in [5, 5.41) is 11.2. The standard InChI is InChI=1S/C43H62N4O2/c1-38(2)32-14-17-42(6)33(40(32,4)16-15-34(38)48)12-11-29-35-28(39(3)19-20-39)13-18-43(35,22-21-41(29,42)5)37(49)47-24-8-10-31(47)36-45-26-30(46-36)27-9-7-23-44-25-27/h7,9,23,25-26,28-29,31-35,48H,8,10-22,24H2,1-6H3,(H,45,46)/t28?,29-,31+,32+,33-,34+,35-,40+,41-,42-,43+/m1/s1. The van der Waals surface area contributed by atoms with Gasteiger partial charge in [0.2, 0.25) is 5.91 Å². The average molecular weight is 667 g/mol. The maximum Gasteiger partial charge on any atom is 0.229 e. The summed E-state index contributed by atoms with van der Waals surface area (Å²) >= 11 is 0. The number of H-pyrrole nitrogens is 1. The number of amides is 1. The van der Waals surface area contributed by atoms with Crippen molar-refractivity contribution in [2.45, 2.75) is 144 Å². The number of imidazole rings is 1.